The molecule has 2 N–H and O–H groups in total. The van der Waals surface area contributed by atoms with E-state index in [9.17, 15) is 5.11 Å². The Morgan fingerprint density at radius 1 is 1.21 bits per heavy atom. The summed E-state index contributed by atoms with van der Waals surface area (Å²) in [6, 6.07) is 15.2. The van der Waals surface area contributed by atoms with Gasteiger partial charge in [0, 0.05) is 24.0 Å². The average Bonchev–Trinajstić information content (AvgIpc) is 2.69. The van der Waals surface area contributed by atoms with Crippen molar-refractivity contribution in [1.29, 1.82) is 0 Å². The average molecular weight is 381 g/mol. The Morgan fingerprint density at radius 3 is 2.68 bits per heavy atom. The lowest BCUT2D eigenvalue weighted by atomic mass is 9.57. The van der Waals surface area contributed by atoms with Crippen LogP contribution in [-0.4, -0.2) is 49.3 Å². The number of phenols is 1. The third-order valence-corrected chi connectivity index (χ3v) is 7.22. The Hall–Kier alpha value is -2.04. The standard InChI is InChI=1S/C24H32N2O2/c1-16-15-26(3)22-13-18-7-8-19(27)14-21(18)24(16,2)23(22)25-12-11-17-5-9-20(28-4)10-6-17/h5-10,14,16,22-23,25,27H,11-13,15H2,1-4H3/t16?,22-,23+,24-/m1/s1. The van der Waals surface area contributed by atoms with Gasteiger partial charge in [0.15, 0.2) is 0 Å². The minimum atomic E-state index is 0.0173. The molecule has 1 heterocycles. The number of likely N-dealkylation sites (tertiary alicyclic amines) is 1. The van der Waals surface area contributed by atoms with Gasteiger partial charge < -0.3 is 20.1 Å². The highest BCUT2D eigenvalue weighted by atomic mass is 16.5. The molecule has 0 aromatic heterocycles. The van der Waals surface area contributed by atoms with Crippen molar-refractivity contribution in [3.05, 3.63) is 59.2 Å². The first-order valence-corrected chi connectivity index (χ1v) is 10.3. The molecule has 2 bridgehead atoms. The van der Waals surface area contributed by atoms with Crippen molar-refractivity contribution >= 4 is 0 Å². The van der Waals surface area contributed by atoms with Crippen LogP contribution in [0.2, 0.25) is 0 Å². The van der Waals surface area contributed by atoms with Crippen LogP contribution < -0.4 is 10.1 Å². The monoisotopic (exact) mass is 380 g/mol. The molecule has 0 saturated carbocycles. The van der Waals surface area contributed by atoms with E-state index in [2.05, 4.69) is 49.3 Å². The molecule has 1 saturated heterocycles. The van der Waals surface area contributed by atoms with Gasteiger partial charge in [-0.1, -0.05) is 32.0 Å². The van der Waals surface area contributed by atoms with Crippen LogP contribution in [0.1, 0.15) is 30.5 Å². The van der Waals surface area contributed by atoms with Gasteiger partial charge in [-0.25, -0.2) is 0 Å². The molecule has 2 aliphatic rings. The Balaban J connectivity index is 1.56. The molecule has 2 aromatic rings. The molecule has 0 spiro atoms. The fraction of sp³-hybridized carbons (Fsp3) is 0.500. The predicted octanol–water partition coefficient (Wildman–Crippen LogP) is 3.37. The molecule has 0 radical (unpaired) electrons. The molecule has 0 amide bonds. The Bertz CT molecular complexity index is 835. The number of rotatable bonds is 5. The normalized spacial score (nSPS) is 29.4. The molecule has 1 aliphatic carbocycles. The number of benzene rings is 2. The van der Waals surface area contributed by atoms with E-state index < -0.39 is 0 Å². The number of nitrogens with zero attached hydrogens (tertiary/aromatic N) is 1. The van der Waals surface area contributed by atoms with Crippen LogP contribution in [0.25, 0.3) is 0 Å². The number of ether oxygens (including phenoxy) is 1. The zero-order valence-corrected chi connectivity index (χ0v) is 17.4. The largest absolute Gasteiger partial charge is 0.508 e. The molecule has 150 valence electrons. The number of nitrogens with one attached hydrogen (secondary N) is 1. The van der Waals surface area contributed by atoms with E-state index in [0.717, 1.165) is 31.7 Å². The van der Waals surface area contributed by atoms with Crippen LogP contribution in [0, 0.1) is 5.92 Å². The molecule has 4 heteroatoms. The molecular weight excluding hydrogens is 348 g/mol. The van der Waals surface area contributed by atoms with Crippen molar-refractivity contribution in [2.45, 2.75) is 44.2 Å². The maximum absolute atomic E-state index is 10.2. The minimum Gasteiger partial charge on any atom is -0.508 e. The Morgan fingerprint density at radius 2 is 1.96 bits per heavy atom. The third kappa shape index (κ3) is 3.19. The van der Waals surface area contributed by atoms with E-state index in [4.69, 9.17) is 4.74 Å². The van der Waals surface area contributed by atoms with E-state index in [-0.39, 0.29) is 5.41 Å². The highest BCUT2D eigenvalue weighted by Crippen LogP contribution is 2.48. The van der Waals surface area contributed by atoms with Gasteiger partial charge in [-0.3, -0.25) is 0 Å². The third-order valence-electron chi connectivity index (χ3n) is 7.22. The van der Waals surface area contributed by atoms with Crippen molar-refractivity contribution in [1.82, 2.24) is 10.2 Å². The smallest absolute Gasteiger partial charge is 0.118 e. The van der Waals surface area contributed by atoms with E-state index in [1.54, 1.807) is 7.11 Å². The summed E-state index contributed by atoms with van der Waals surface area (Å²) in [5, 5.41) is 14.1. The van der Waals surface area contributed by atoms with Gasteiger partial charge in [0.05, 0.1) is 7.11 Å². The van der Waals surface area contributed by atoms with Crippen LogP contribution in [0.15, 0.2) is 42.5 Å². The summed E-state index contributed by atoms with van der Waals surface area (Å²) in [5.41, 5.74) is 4.05. The van der Waals surface area contributed by atoms with E-state index in [0.29, 0.717) is 23.8 Å². The predicted molar refractivity (Wildman–Crippen MR) is 113 cm³/mol. The Labute approximate surface area is 168 Å². The van der Waals surface area contributed by atoms with Gasteiger partial charge in [0.25, 0.3) is 0 Å². The molecule has 2 aromatic carbocycles. The maximum Gasteiger partial charge on any atom is 0.118 e. The number of fused-ring (bicyclic) bond motifs is 4. The summed E-state index contributed by atoms with van der Waals surface area (Å²) >= 11 is 0. The maximum atomic E-state index is 10.2. The lowest BCUT2D eigenvalue weighted by molar-refractivity contribution is 0.0235. The summed E-state index contributed by atoms with van der Waals surface area (Å²) in [7, 11) is 3.96. The number of likely N-dealkylation sites (N-methyl/N-ethyl adjacent to an activating group) is 1. The lowest BCUT2D eigenvalue weighted by Crippen LogP contribution is -2.69. The second-order valence-corrected chi connectivity index (χ2v) is 8.77. The number of hydrogen-bond acceptors (Lipinski definition) is 4. The van der Waals surface area contributed by atoms with Crippen molar-refractivity contribution in [2.75, 3.05) is 27.2 Å². The summed E-state index contributed by atoms with van der Waals surface area (Å²) in [4.78, 5) is 2.52. The summed E-state index contributed by atoms with van der Waals surface area (Å²) in [6.07, 6.45) is 2.03. The fourth-order valence-electron chi connectivity index (χ4n) is 5.41. The number of phenolic OH excluding ortho intramolecular Hbond substituents is 1. The molecule has 1 unspecified atom stereocenters. The first kappa shape index (κ1) is 19.3. The van der Waals surface area contributed by atoms with Gasteiger partial charge in [0.1, 0.15) is 11.5 Å². The van der Waals surface area contributed by atoms with Gasteiger partial charge in [-0.15, -0.1) is 0 Å². The second kappa shape index (κ2) is 7.41. The van der Waals surface area contributed by atoms with E-state index >= 15 is 0 Å². The van der Waals surface area contributed by atoms with Crippen molar-refractivity contribution in [2.24, 2.45) is 5.92 Å². The van der Waals surface area contributed by atoms with Crippen molar-refractivity contribution in [3.63, 3.8) is 0 Å². The molecule has 1 aliphatic heterocycles. The molecule has 1 fully saturated rings. The highest BCUT2D eigenvalue weighted by molar-refractivity contribution is 5.46. The van der Waals surface area contributed by atoms with Gasteiger partial charge >= 0.3 is 0 Å². The van der Waals surface area contributed by atoms with Crippen molar-refractivity contribution < 1.29 is 9.84 Å². The van der Waals surface area contributed by atoms with E-state index in [1.807, 2.05) is 24.3 Å². The van der Waals surface area contributed by atoms with Crippen LogP contribution in [0.3, 0.4) is 0 Å². The second-order valence-electron chi connectivity index (χ2n) is 8.77. The number of piperidine rings is 1. The molecule has 4 nitrogen and oxygen atoms in total. The quantitative estimate of drug-likeness (QED) is 0.835. The summed E-state index contributed by atoms with van der Waals surface area (Å²) in [6.45, 7) is 6.77. The Kier molecular flexibility index (Phi) is 5.11. The van der Waals surface area contributed by atoms with Crippen LogP contribution in [0.4, 0.5) is 0 Å². The van der Waals surface area contributed by atoms with Gasteiger partial charge in [0.2, 0.25) is 0 Å². The number of hydrogen-bond donors (Lipinski definition) is 2. The molecule has 28 heavy (non-hydrogen) atoms. The highest BCUT2D eigenvalue weighted by Gasteiger charge is 2.53. The first-order chi connectivity index (χ1) is 13.4. The van der Waals surface area contributed by atoms with Crippen LogP contribution >= 0.6 is 0 Å². The van der Waals surface area contributed by atoms with Crippen LogP contribution in [0.5, 0.6) is 11.5 Å². The molecule has 4 rings (SSSR count). The zero-order valence-electron chi connectivity index (χ0n) is 17.4. The topological polar surface area (TPSA) is 44.7 Å². The zero-order chi connectivity index (χ0) is 19.9. The SMILES string of the molecule is COc1ccc(CCN[C@H]2[C@H]3Cc4ccc(O)cc4[C@@]2(C)C(C)CN3C)cc1. The number of methoxy groups -OCH3 is 1. The van der Waals surface area contributed by atoms with E-state index in [1.165, 1.54) is 16.7 Å². The first-order valence-electron chi connectivity index (χ1n) is 10.3. The lowest BCUT2D eigenvalue weighted by Gasteiger charge is -2.58. The minimum absolute atomic E-state index is 0.0173. The van der Waals surface area contributed by atoms with Crippen LogP contribution in [-0.2, 0) is 18.3 Å². The van der Waals surface area contributed by atoms with Gasteiger partial charge in [-0.05, 0) is 73.3 Å². The molecular formula is C24H32N2O2. The fourth-order valence-corrected chi connectivity index (χ4v) is 5.41. The summed E-state index contributed by atoms with van der Waals surface area (Å²) in [5.74, 6) is 1.78. The number of aromatic hydroxyl groups is 1. The summed E-state index contributed by atoms with van der Waals surface area (Å²) < 4.78 is 5.26. The van der Waals surface area contributed by atoms with Gasteiger partial charge in [-0.2, -0.15) is 0 Å². The van der Waals surface area contributed by atoms with Crippen molar-refractivity contribution in [3.8, 4) is 11.5 Å². The molecule has 4 atom stereocenters.